The molecule has 0 unspecified atom stereocenters. The van der Waals surface area contributed by atoms with Gasteiger partial charge in [-0.15, -0.1) is 0 Å². The van der Waals surface area contributed by atoms with Gasteiger partial charge >= 0.3 is 0 Å². The van der Waals surface area contributed by atoms with Gasteiger partial charge < -0.3 is 0 Å². The molecule has 0 saturated heterocycles. The minimum atomic E-state index is 0.716. The van der Waals surface area contributed by atoms with Crippen LogP contribution in [0.15, 0.2) is 0 Å². The fourth-order valence-corrected chi connectivity index (χ4v) is 3.85. The van der Waals surface area contributed by atoms with Crippen LogP contribution in [-0.2, 0) is 0 Å². The van der Waals surface area contributed by atoms with E-state index in [0.29, 0.717) is 12.8 Å². The molecule has 0 rings (SSSR count). The zero-order chi connectivity index (χ0) is 13.3. The Labute approximate surface area is 120 Å². The third kappa shape index (κ3) is 15.7. The van der Waals surface area contributed by atoms with Crippen LogP contribution in [-0.4, -0.2) is 11.5 Å². The lowest BCUT2D eigenvalue weighted by Crippen LogP contribution is -1.82. The zero-order valence-corrected chi connectivity index (χ0v) is 12.8. The first kappa shape index (κ1) is 17.7. The highest BCUT2D eigenvalue weighted by atomic mass is 33.1. The first-order chi connectivity index (χ1) is 8.91. The van der Waals surface area contributed by atoms with Crippen LogP contribution in [0.4, 0.5) is 0 Å². The Hall–Kier alpha value is -0.320. The Morgan fingerprint density at radius 1 is 0.556 bits per heavy atom. The van der Waals surface area contributed by atoms with Gasteiger partial charge in [0.15, 0.2) is 0 Å². The summed E-state index contributed by atoms with van der Waals surface area (Å²) in [6, 6.07) is 4.37. The molecule has 4 heteroatoms. The lowest BCUT2D eigenvalue weighted by Gasteiger charge is -2.01. The average Bonchev–Trinajstić information content (AvgIpc) is 2.39. The molecule has 102 valence electrons. The zero-order valence-electron chi connectivity index (χ0n) is 11.2. The van der Waals surface area contributed by atoms with Gasteiger partial charge in [-0.2, -0.15) is 10.5 Å². The predicted molar refractivity (Wildman–Crippen MR) is 82.3 cm³/mol. The van der Waals surface area contributed by atoms with E-state index in [4.69, 9.17) is 10.5 Å². The lowest BCUT2D eigenvalue weighted by molar-refractivity contribution is 0.681. The van der Waals surface area contributed by atoms with E-state index in [0.717, 1.165) is 12.8 Å². The normalized spacial score (nSPS) is 9.89. The number of unbranched alkanes of at least 4 members (excludes halogenated alkanes) is 8. The molecule has 0 amide bonds. The van der Waals surface area contributed by atoms with E-state index in [-0.39, 0.29) is 0 Å². The quantitative estimate of drug-likeness (QED) is 0.339. The highest BCUT2D eigenvalue weighted by Gasteiger charge is 1.94. The second kappa shape index (κ2) is 16.7. The highest BCUT2D eigenvalue weighted by molar-refractivity contribution is 8.76. The van der Waals surface area contributed by atoms with Gasteiger partial charge in [0, 0.05) is 24.3 Å². The molecule has 0 aromatic carbocycles. The molecule has 0 saturated carbocycles. The van der Waals surface area contributed by atoms with E-state index in [9.17, 15) is 0 Å². The molecule has 0 N–H and O–H groups in total. The van der Waals surface area contributed by atoms with Gasteiger partial charge in [0.2, 0.25) is 0 Å². The van der Waals surface area contributed by atoms with Crippen molar-refractivity contribution in [2.75, 3.05) is 11.5 Å². The summed E-state index contributed by atoms with van der Waals surface area (Å²) in [5.74, 6) is 2.48. The minimum absolute atomic E-state index is 0.716. The molecule has 0 fully saturated rings. The van der Waals surface area contributed by atoms with Crippen molar-refractivity contribution in [1.82, 2.24) is 0 Å². The SMILES string of the molecule is N#CCCCCCCSSCCCCCCC#N. The van der Waals surface area contributed by atoms with Crippen LogP contribution in [0.1, 0.15) is 64.2 Å². The van der Waals surface area contributed by atoms with E-state index < -0.39 is 0 Å². The third-order valence-corrected chi connectivity index (χ3v) is 5.19. The number of rotatable bonds is 13. The topological polar surface area (TPSA) is 47.6 Å². The van der Waals surface area contributed by atoms with Gasteiger partial charge in [0.05, 0.1) is 12.1 Å². The van der Waals surface area contributed by atoms with Crippen LogP contribution in [0.5, 0.6) is 0 Å². The number of nitriles is 2. The summed E-state index contributed by atoms with van der Waals surface area (Å²) in [4.78, 5) is 0. The second-order valence-corrected chi connectivity index (χ2v) is 6.99. The highest BCUT2D eigenvalue weighted by Crippen LogP contribution is 2.24. The van der Waals surface area contributed by atoms with E-state index in [1.54, 1.807) is 0 Å². The fraction of sp³-hybridized carbons (Fsp3) is 0.857. The maximum absolute atomic E-state index is 8.38. The minimum Gasteiger partial charge on any atom is -0.198 e. The molecule has 0 aliphatic carbocycles. The number of hydrogen-bond donors (Lipinski definition) is 0. The van der Waals surface area contributed by atoms with Crippen molar-refractivity contribution in [2.24, 2.45) is 0 Å². The molecule has 18 heavy (non-hydrogen) atoms. The summed E-state index contributed by atoms with van der Waals surface area (Å²) in [5.41, 5.74) is 0. The molecular weight excluding hydrogens is 260 g/mol. The van der Waals surface area contributed by atoms with Gasteiger partial charge in [-0.3, -0.25) is 0 Å². The molecule has 0 spiro atoms. The summed E-state index contributed by atoms with van der Waals surface area (Å²) in [6.45, 7) is 0. The Bertz CT molecular complexity index is 217. The van der Waals surface area contributed by atoms with E-state index in [1.165, 1.54) is 50.0 Å². The maximum Gasteiger partial charge on any atom is 0.0621 e. The number of hydrogen-bond acceptors (Lipinski definition) is 4. The Morgan fingerprint density at radius 2 is 0.944 bits per heavy atom. The molecule has 0 aromatic heterocycles. The van der Waals surface area contributed by atoms with Gasteiger partial charge in [-0.1, -0.05) is 47.3 Å². The van der Waals surface area contributed by atoms with Gasteiger partial charge in [-0.25, -0.2) is 0 Å². The van der Waals surface area contributed by atoms with Gasteiger partial charge in [-0.05, 0) is 25.7 Å². The Morgan fingerprint density at radius 3 is 1.33 bits per heavy atom. The summed E-state index contributed by atoms with van der Waals surface area (Å²) >= 11 is 0. The largest absolute Gasteiger partial charge is 0.198 e. The molecule has 0 aromatic rings. The van der Waals surface area contributed by atoms with Crippen molar-refractivity contribution in [3.8, 4) is 12.1 Å². The summed E-state index contributed by atoms with van der Waals surface area (Å²) in [6.07, 6.45) is 11.1. The van der Waals surface area contributed by atoms with Crippen LogP contribution >= 0.6 is 21.6 Å². The average molecular weight is 284 g/mol. The Kier molecular flexibility index (Phi) is 16.4. The third-order valence-electron chi connectivity index (χ3n) is 2.62. The second-order valence-electron chi connectivity index (χ2n) is 4.29. The van der Waals surface area contributed by atoms with Crippen LogP contribution in [0, 0.1) is 22.7 Å². The molecule has 0 bridgehead atoms. The molecule has 2 nitrogen and oxygen atoms in total. The molecule has 0 radical (unpaired) electrons. The van der Waals surface area contributed by atoms with Crippen molar-refractivity contribution >= 4 is 21.6 Å². The Balaban J connectivity index is 2.91. The smallest absolute Gasteiger partial charge is 0.0621 e. The van der Waals surface area contributed by atoms with Crippen LogP contribution in [0.2, 0.25) is 0 Å². The predicted octanol–water partition coefficient (Wildman–Crippen LogP) is 5.32. The van der Waals surface area contributed by atoms with E-state index in [1.807, 2.05) is 21.6 Å². The van der Waals surface area contributed by atoms with E-state index >= 15 is 0 Å². The summed E-state index contributed by atoms with van der Waals surface area (Å²) in [5, 5.41) is 16.8. The van der Waals surface area contributed by atoms with Crippen molar-refractivity contribution in [3.63, 3.8) is 0 Å². The van der Waals surface area contributed by atoms with Crippen LogP contribution in [0.3, 0.4) is 0 Å². The first-order valence-corrected chi connectivity index (χ1v) is 9.39. The van der Waals surface area contributed by atoms with Gasteiger partial charge in [0.1, 0.15) is 0 Å². The monoisotopic (exact) mass is 284 g/mol. The molecule has 0 aliphatic heterocycles. The van der Waals surface area contributed by atoms with Crippen molar-refractivity contribution in [2.45, 2.75) is 64.2 Å². The van der Waals surface area contributed by atoms with Crippen LogP contribution in [0.25, 0.3) is 0 Å². The standard InChI is InChI=1S/C14H24N2S2/c15-11-7-3-1-5-9-13-17-18-14-10-6-2-4-8-12-16/h1-10,13-14H2. The molecule has 0 atom stereocenters. The summed E-state index contributed by atoms with van der Waals surface area (Å²) in [7, 11) is 3.97. The van der Waals surface area contributed by atoms with Crippen molar-refractivity contribution < 1.29 is 0 Å². The van der Waals surface area contributed by atoms with Crippen molar-refractivity contribution in [1.29, 1.82) is 10.5 Å². The summed E-state index contributed by atoms with van der Waals surface area (Å²) < 4.78 is 0. The van der Waals surface area contributed by atoms with Gasteiger partial charge in [0.25, 0.3) is 0 Å². The van der Waals surface area contributed by atoms with E-state index in [2.05, 4.69) is 12.1 Å². The molecule has 0 heterocycles. The first-order valence-electron chi connectivity index (χ1n) is 6.90. The van der Waals surface area contributed by atoms with Crippen LogP contribution < -0.4 is 0 Å². The van der Waals surface area contributed by atoms with Crippen molar-refractivity contribution in [3.05, 3.63) is 0 Å². The lowest BCUT2D eigenvalue weighted by atomic mass is 10.2. The fourth-order valence-electron chi connectivity index (χ4n) is 1.56. The molecular formula is C14H24N2S2. The molecule has 0 aliphatic rings. The number of nitrogens with zero attached hydrogens (tertiary/aromatic N) is 2. The maximum atomic E-state index is 8.38.